The van der Waals surface area contributed by atoms with E-state index in [9.17, 15) is 0 Å². The van der Waals surface area contributed by atoms with E-state index in [1.54, 1.807) is 0 Å². The molecule has 1 unspecified atom stereocenters. The standard InChI is InChI=1S/C15H32N2/c1-4-10-16-12-15-9-7-8-11-17(15)13-14(5-2)6-3/h14-16H,4-13H2,1-3H3. The van der Waals surface area contributed by atoms with Crippen LogP contribution < -0.4 is 5.32 Å². The lowest BCUT2D eigenvalue weighted by molar-refractivity contribution is 0.120. The number of nitrogens with one attached hydrogen (secondary N) is 1. The van der Waals surface area contributed by atoms with Crippen molar-refractivity contribution in [3.8, 4) is 0 Å². The smallest absolute Gasteiger partial charge is 0.0220 e. The fraction of sp³-hybridized carbons (Fsp3) is 1.00. The average molecular weight is 240 g/mol. The van der Waals surface area contributed by atoms with Crippen molar-refractivity contribution in [1.29, 1.82) is 0 Å². The summed E-state index contributed by atoms with van der Waals surface area (Å²) in [5.41, 5.74) is 0. The third kappa shape index (κ3) is 5.39. The van der Waals surface area contributed by atoms with Gasteiger partial charge in [0, 0.05) is 19.1 Å². The van der Waals surface area contributed by atoms with Gasteiger partial charge in [-0.15, -0.1) is 0 Å². The van der Waals surface area contributed by atoms with Gasteiger partial charge in [0.25, 0.3) is 0 Å². The Hall–Kier alpha value is -0.0800. The Morgan fingerprint density at radius 1 is 1.18 bits per heavy atom. The Morgan fingerprint density at radius 3 is 2.59 bits per heavy atom. The summed E-state index contributed by atoms with van der Waals surface area (Å²) in [5.74, 6) is 0.904. The Morgan fingerprint density at radius 2 is 1.94 bits per heavy atom. The molecule has 102 valence electrons. The highest BCUT2D eigenvalue weighted by Gasteiger charge is 2.23. The van der Waals surface area contributed by atoms with Gasteiger partial charge in [0.1, 0.15) is 0 Å². The highest BCUT2D eigenvalue weighted by atomic mass is 15.2. The van der Waals surface area contributed by atoms with E-state index in [2.05, 4.69) is 31.0 Å². The Balaban J connectivity index is 2.36. The molecule has 1 saturated heterocycles. The molecule has 0 saturated carbocycles. The summed E-state index contributed by atoms with van der Waals surface area (Å²) in [6, 6.07) is 0.802. The van der Waals surface area contributed by atoms with E-state index in [-0.39, 0.29) is 0 Å². The van der Waals surface area contributed by atoms with Crippen LogP contribution in [0.25, 0.3) is 0 Å². The molecule has 0 aromatic rings. The lowest BCUT2D eigenvalue weighted by Crippen LogP contribution is -2.47. The maximum atomic E-state index is 3.60. The molecule has 0 radical (unpaired) electrons. The third-order valence-electron chi connectivity index (χ3n) is 4.20. The number of hydrogen-bond donors (Lipinski definition) is 1. The van der Waals surface area contributed by atoms with Crippen molar-refractivity contribution < 1.29 is 0 Å². The molecule has 0 amide bonds. The van der Waals surface area contributed by atoms with Crippen molar-refractivity contribution in [3.63, 3.8) is 0 Å². The Kier molecular flexibility index (Phi) is 7.87. The van der Waals surface area contributed by atoms with Gasteiger partial charge in [0.05, 0.1) is 0 Å². The Bertz CT molecular complexity index is 178. The number of rotatable bonds is 8. The van der Waals surface area contributed by atoms with Gasteiger partial charge in [-0.05, 0) is 38.3 Å². The summed E-state index contributed by atoms with van der Waals surface area (Å²) in [6.07, 6.45) is 8.16. The van der Waals surface area contributed by atoms with Gasteiger partial charge < -0.3 is 5.32 Å². The molecule has 1 N–H and O–H groups in total. The first-order valence-electron chi connectivity index (χ1n) is 7.76. The normalized spacial score (nSPS) is 22.2. The molecule has 1 aliphatic rings. The molecular formula is C15H32N2. The average Bonchev–Trinajstić information content (AvgIpc) is 2.38. The van der Waals surface area contributed by atoms with Gasteiger partial charge in [-0.1, -0.05) is 40.0 Å². The summed E-state index contributed by atoms with van der Waals surface area (Å²) in [4.78, 5) is 2.75. The predicted octanol–water partition coefficient (Wildman–Crippen LogP) is 3.28. The Labute approximate surface area is 108 Å². The van der Waals surface area contributed by atoms with Crippen molar-refractivity contribution in [3.05, 3.63) is 0 Å². The molecule has 17 heavy (non-hydrogen) atoms. The summed E-state index contributed by atoms with van der Waals surface area (Å²) in [5, 5.41) is 3.60. The molecule has 2 nitrogen and oxygen atoms in total. The minimum atomic E-state index is 0.802. The van der Waals surface area contributed by atoms with Crippen LogP contribution in [0.5, 0.6) is 0 Å². The van der Waals surface area contributed by atoms with Crippen LogP contribution in [0.2, 0.25) is 0 Å². The summed E-state index contributed by atoms with van der Waals surface area (Å²) in [6.45, 7) is 11.9. The van der Waals surface area contributed by atoms with E-state index in [1.165, 1.54) is 64.7 Å². The number of nitrogens with zero attached hydrogens (tertiary/aromatic N) is 1. The fourth-order valence-corrected chi connectivity index (χ4v) is 2.86. The van der Waals surface area contributed by atoms with Crippen molar-refractivity contribution in [2.75, 3.05) is 26.2 Å². The van der Waals surface area contributed by atoms with Crippen molar-refractivity contribution in [1.82, 2.24) is 10.2 Å². The first-order valence-corrected chi connectivity index (χ1v) is 7.76. The van der Waals surface area contributed by atoms with E-state index in [4.69, 9.17) is 0 Å². The number of hydrogen-bond acceptors (Lipinski definition) is 2. The lowest BCUT2D eigenvalue weighted by Gasteiger charge is -2.38. The molecule has 1 atom stereocenters. The van der Waals surface area contributed by atoms with E-state index < -0.39 is 0 Å². The fourth-order valence-electron chi connectivity index (χ4n) is 2.86. The lowest BCUT2D eigenvalue weighted by atomic mass is 9.97. The molecule has 0 spiro atoms. The first kappa shape index (κ1) is 15.0. The molecule has 0 aromatic carbocycles. The van der Waals surface area contributed by atoms with Gasteiger partial charge >= 0.3 is 0 Å². The third-order valence-corrected chi connectivity index (χ3v) is 4.20. The topological polar surface area (TPSA) is 15.3 Å². The molecule has 2 heteroatoms. The van der Waals surface area contributed by atoms with Crippen LogP contribution in [-0.2, 0) is 0 Å². The second-order valence-corrected chi connectivity index (χ2v) is 5.53. The minimum Gasteiger partial charge on any atom is -0.315 e. The predicted molar refractivity (Wildman–Crippen MR) is 76.4 cm³/mol. The molecule has 1 rings (SSSR count). The number of piperidine rings is 1. The van der Waals surface area contributed by atoms with Gasteiger partial charge in [0.2, 0.25) is 0 Å². The molecule has 0 aromatic heterocycles. The van der Waals surface area contributed by atoms with E-state index in [1.807, 2.05) is 0 Å². The zero-order chi connectivity index (χ0) is 12.5. The van der Waals surface area contributed by atoms with E-state index >= 15 is 0 Å². The molecule has 1 heterocycles. The van der Waals surface area contributed by atoms with Gasteiger partial charge in [0.15, 0.2) is 0 Å². The maximum absolute atomic E-state index is 3.60. The first-order chi connectivity index (χ1) is 8.31. The zero-order valence-corrected chi connectivity index (χ0v) is 12.2. The largest absolute Gasteiger partial charge is 0.315 e. The number of likely N-dealkylation sites (tertiary alicyclic amines) is 1. The highest BCUT2D eigenvalue weighted by Crippen LogP contribution is 2.20. The monoisotopic (exact) mass is 240 g/mol. The summed E-state index contributed by atoms with van der Waals surface area (Å²) < 4.78 is 0. The van der Waals surface area contributed by atoms with Crippen LogP contribution >= 0.6 is 0 Å². The van der Waals surface area contributed by atoms with Crippen LogP contribution in [-0.4, -0.2) is 37.1 Å². The summed E-state index contributed by atoms with van der Waals surface area (Å²) >= 11 is 0. The quantitative estimate of drug-likeness (QED) is 0.655. The van der Waals surface area contributed by atoms with Crippen molar-refractivity contribution in [2.24, 2.45) is 5.92 Å². The molecule has 1 aliphatic heterocycles. The van der Waals surface area contributed by atoms with Crippen LogP contribution in [0.1, 0.15) is 59.3 Å². The van der Waals surface area contributed by atoms with Gasteiger partial charge in [-0.3, -0.25) is 4.90 Å². The highest BCUT2D eigenvalue weighted by molar-refractivity contribution is 4.80. The van der Waals surface area contributed by atoms with E-state index in [0.717, 1.165) is 12.0 Å². The SMILES string of the molecule is CCCNCC1CCCCN1CC(CC)CC. The maximum Gasteiger partial charge on any atom is 0.0220 e. The van der Waals surface area contributed by atoms with Crippen molar-refractivity contribution in [2.45, 2.75) is 65.3 Å². The second-order valence-electron chi connectivity index (χ2n) is 5.53. The van der Waals surface area contributed by atoms with Crippen LogP contribution in [0.15, 0.2) is 0 Å². The van der Waals surface area contributed by atoms with Gasteiger partial charge in [-0.25, -0.2) is 0 Å². The molecular weight excluding hydrogens is 208 g/mol. The molecule has 1 fully saturated rings. The zero-order valence-electron chi connectivity index (χ0n) is 12.2. The van der Waals surface area contributed by atoms with Crippen molar-refractivity contribution >= 4 is 0 Å². The summed E-state index contributed by atoms with van der Waals surface area (Å²) in [7, 11) is 0. The minimum absolute atomic E-state index is 0.802. The molecule has 0 bridgehead atoms. The van der Waals surface area contributed by atoms with Crippen LogP contribution in [0.4, 0.5) is 0 Å². The van der Waals surface area contributed by atoms with Gasteiger partial charge in [-0.2, -0.15) is 0 Å². The van der Waals surface area contributed by atoms with E-state index in [0.29, 0.717) is 0 Å². The van der Waals surface area contributed by atoms with Crippen LogP contribution in [0, 0.1) is 5.92 Å². The second kappa shape index (κ2) is 8.93. The van der Waals surface area contributed by atoms with Crippen LogP contribution in [0.3, 0.4) is 0 Å². The molecule has 0 aliphatic carbocycles.